The van der Waals surface area contributed by atoms with Crippen LogP contribution < -0.4 is 11.1 Å². The highest BCUT2D eigenvalue weighted by Gasteiger charge is 2.41. The van der Waals surface area contributed by atoms with E-state index in [4.69, 9.17) is 10.5 Å². The van der Waals surface area contributed by atoms with Crippen LogP contribution in [-0.4, -0.2) is 30.5 Å². The minimum absolute atomic E-state index is 0.0309. The Balaban J connectivity index is 2.08. The maximum Gasteiger partial charge on any atom is 0.162 e. The highest BCUT2D eigenvalue weighted by molar-refractivity contribution is 6.00. The number of rotatable bonds is 8. The molecule has 0 spiro atoms. The number of unbranched alkanes of at least 4 members (excludes halogenated alkanes) is 1. The number of allylic oxidation sites excluding steroid dienone is 3. The number of Topliss-reactive ketones (excluding diaryl/α,β-unsaturated/α-hetero) is 1. The molecule has 0 bridgehead atoms. The lowest BCUT2D eigenvalue weighted by Gasteiger charge is -2.40. The van der Waals surface area contributed by atoms with Crippen molar-refractivity contribution in [3.8, 4) is 0 Å². The fourth-order valence-corrected chi connectivity index (χ4v) is 4.36. The summed E-state index contributed by atoms with van der Waals surface area (Å²) in [6.07, 6.45) is 8.27. The second kappa shape index (κ2) is 9.01. The van der Waals surface area contributed by atoms with Crippen molar-refractivity contribution in [3.63, 3.8) is 0 Å². The number of carbonyl (C=O) groups excluding carboxylic acids is 1. The van der Waals surface area contributed by atoms with E-state index in [1.807, 2.05) is 12.3 Å². The van der Waals surface area contributed by atoms with Gasteiger partial charge in [-0.15, -0.1) is 0 Å². The van der Waals surface area contributed by atoms with Crippen LogP contribution in [0.2, 0.25) is 0 Å². The van der Waals surface area contributed by atoms with E-state index in [2.05, 4.69) is 37.1 Å². The summed E-state index contributed by atoms with van der Waals surface area (Å²) in [5.74, 6) is 0.222. The Morgan fingerprint density at radius 2 is 2.18 bits per heavy atom. The number of nitrogens with one attached hydrogen (secondary N) is 1. The van der Waals surface area contributed by atoms with Crippen LogP contribution in [0.25, 0.3) is 0 Å². The van der Waals surface area contributed by atoms with Crippen LogP contribution in [0.15, 0.2) is 47.1 Å². The summed E-state index contributed by atoms with van der Waals surface area (Å²) in [5, 5.41) is 3.61. The fourth-order valence-electron chi connectivity index (χ4n) is 4.36. The maximum atomic E-state index is 13.2. The van der Waals surface area contributed by atoms with Gasteiger partial charge in [0.2, 0.25) is 0 Å². The molecular weight excluding hydrogens is 350 g/mol. The van der Waals surface area contributed by atoms with Crippen molar-refractivity contribution in [3.05, 3.63) is 52.6 Å². The molecule has 1 aromatic heterocycles. The van der Waals surface area contributed by atoms with Gasteiger partial charge >= 0.3 is 0 Å². The smallest absolute Gasteiger partial charge is 0.162 e. The van der Waals surface area contributed by atoms with E-state index in [1.54, 1.807) is 6.20 Å². The zero-order valence-corrected chi connectivity index (χ0v) is 17.4. The number of nitrogens with zero attached hydrogens (tertiary/aromatic N) is 1. The number of ketones is 1. The number of aromatic nitrogens is 1. The number of hydrogen-bond acceptors (Lipinski definition) is 5. The molecule has 1 unspecified atom stereocenters. The van der Waals surface area contributed by atoms with Gasteiger partial charge in [0.1, 0.15) is 0 Å². The van der Waals surface area contributed by atoms with Gasteiger partial charge in [-0.3, -0.25) is 9.78 Å². The molecule has 1 aliphatic carbocycles. The topological polar surface area (TPSA) is 77.2 Å². The van der Waals surface area contributed by atoms with Gasteiger partial charge in [0, 0.05) is 48.2 Å². The van der Waals surface area contributed by atoms with Crippen molar-refractivity contribution >= 4 is 5.78 Å². The molecule has 1 aromatic rings. The van der Waals surface area contributed by atoms with E-state index in [1.165, 1.54) is 5.57 Å². The van der Waals surface area contributed by atoms with Crippen LogP contribution in [0.3, 0.4) is 0 Å². The van der Waals surface area contributed by atoms with Gasteiger partial charge in [0.15, 0.2) is 5.78 Å². The molecule has 3 rings (SSSR count). The standard InChI is InChI=1S/C23H33N3O2/c1-4-5-8-17-19(15-28-11-9-24)26-18-12-23(2,3)13-20(27)22(18)21(17)16-7-6-10-25-14-16/h6-7,10,14,21,26H,4-5,8-9,11-13,15,24H2,1-3H3. The molecule has 5 heteroatoms. The molecule has 2 heterocycles. The highest BCUT2D eigenvalue weighted by atomic mass is 16.5. The molecule has 1 atom stereocenters. The van der Waals surface area contributed by atoms with Gasteiger partial charge in [-0.05, 0) is 41.9 Å². The molecule has 0 amide bonds. The van der Waals surface area contributed by atoms with Crippen LogP contribution in [0.4, 0.5) is 0 Å². The first-order valence-electron chi connectivity index (χ1n) is 10.4. The van der Waals surface area contributed by atoms with Crippen molar-refractivity contribution < 1.29 is 9.53 Å². The Morgan fingerprint density at radius 3 is 2.86 bits per heavy atom. The highest BCUT2D eigenvalue weighted by Crippen LogP contribution is 2.47. The quantitative estimate of drug-likeness (QED) is 0.667. The van der Waals surface area contributed by atoms with Crippen molar-refractivity contribution in [1.82, 2.24) is 10.3 Å². The van der Waals surface area contributed by atoms with Crippen molar-refractivity contribution in [2.45, 2.75) is 58.8 Å². The summed E-state index contributed by atoms with van der Waals surface area (Å²) in [7, 11) is 0. The minimum Gasteiger partial charge on any atom is -0.374 e. The largest absolute Gasteiger partial charge is 0.374 e. The van der Waals surface area contributed by atoms with Crippen LogP contribution in [-0.2, 0) is 9.53 Å². The third-order valence-corrected chi connectivity index (χ3v) is 5.57. The van der Waals surface area contributed by atoms with E-state index in [0.29, 0.717) is 26.2 Å². The van der Waals surface area contributed by atoms with Crippen LogP contribution in [0, 0.1) is 5.41 Å². The fraction of sp³-hybridized carbons (Fsp3) is 0.565. The van der Waals surface area contributed by atoms with E-state index in [9.17, 15) is 4.79 Å². The lowest BCUT2D eigenvalue weighted by molar-refractivity contribution is -0.118. The van der Waals surface area contributed by atoms with E-state index in [-0.39, 0.29) is 17.1 Å². The number of carbonyl (C=O) groups is 1. The molecule has 0 radical (unpaired) electrons. The summed E-state index contributed by atoms with van der Waals surface area (Å²) in [6.45, 7) is 8.05. The number of nitrogens with two attached hydrogens (primary N) is 1. The molecule has 0 saturated heterocycles. The first-order chi connectivity index (χ1) is 13.5. The number of dihydropyridines is 1. The summed E-state index contributed by atoms with van der Waals surface area (Å²) >= 11 is 0. The molecule has 3 N–H and O–H groups in total. The van der Waals surface area contributed by atoms with Crippen LogP contribution >= 0.6 is 0 Å². The molecule has 1 aliphatic heterocycles. The van der Waals surface area contributed by atoms with Gasteiger partial charge in [0.25, 0.3) is 0 Å². The van der Waals surface area contributed by atoms with Gasteiger partial charge in [-0.25, -0.2) is 0 Å². The molecular formula is C23H33N3O2. The Hall–Kier alpha value is -1.98. The SMILES string of the molecule is CCCCC1=C(COCCN)NC2=C(C(=O)CC(C)(C)C2)C1c1cccnc1. The third-order valence-electron chi connectivity index (χ3n) is 5.57. The van der Waals surface area contributed by atoms with E-state index < -0.39 is 0 Å². The Bertz CT molecular complexity index is 765. The zero-order chi connectivity index (χ0) is 20.1. The molecule has 0 saturated carbocycles. The second-order valence-electron chi connectivity index (χ2n) is 8.63. The molecule has 2 aliphatic rings. The van der Waals surface area contributed by atoms with Crippen molar-refractivity contribution in [2.24, 2.45) is 11.1 Å². The Labute approximate surface area is 168 Å². The molecule has 0 aromatic carbocycles. The average Bonchev–Trinajstić information content (AvgIpc) is 2.66. The summed E-state index contributed by atoms with van der Waals surface area (Å²) < 4.78 is 5.81. The second-order valence-corrected chi connectivity index (χ2v) is 8.63. The van der Waals surface area contributed by atoms with E-state index in [0.717, 1.165) is 48.2 Å². The summed E-state index contributed by atoms with van der Waals surface area (Å²) in [4.78, 5) is 17.6. The minimum atomic E-state index is -0.0352. The van der Waals surface area contributed by atoms with Gasteiger partial charge in [-0.1, -0.05) is 33.3 Å². The third kappa shape index (κ3) is 4.53. The summed E-state index contributed by atoms with van der Waals surface area (Å²) in [6, 6.07) is 4.04. The summed E-state index contributed by atoms with van der Waals surface area (Å²) in [5.41, 5.74) is 11.0. The normalized spacial score (nSPS) is 21.6. The van der Waals surface area contributed by atoms with Gasteiger partial charge in [0.05, 0.1) is 13.2 Å². The molecule has 28 heavy (non-hydrogen) atoms. The maximum absolute atomic E-state index is 13.2. The molecule has 152 valence electrons. The van der Waals surface area contributed by atoms with Crippen molar-refractivity contribution in [2.75, 3.05) is 19.8 Å². The number of ether oxygens (including phenoxy) is 1. The average molecular weight is 384 g/mol. The Morgan fingerprint density at radius 1 is 1.36 bits per heavy atom. The number of hydrogen-bond donors (Lipinski definition) is 2. The van der Waals surface area contributed by atoms with E-state index >= 15 is 0 Å². The zero-order valence-electron chi connectivity index (χ0n) is 17.4. The first kappa shape index (κ1) is 20.7. The lowest BCUT2D eigenvalue weighted by atomic mass is 9.68. The Kier molecular flexibility index (Phi) is 6.68. The number of pyridine rings is 1. The van der Waals surface area contributed by atoms with Crippen LogP contribution in [0.1, 0.15) is 64.4 Å². The lowest BCUT2D eigenvalue weighted by Crippen LogP contribution is -2.38. The first-order valence-corrected chi connectivity index (χ1v) is 10.4. The van der Waals surface area contributed by atoms with Gasteiger partial charge in [-0.2, -0.15) is 0 Å². The van der Waals surface area contributed by atoms with Crippen molar-refractivity contribution in [1.29, 1.82) is 0 Å². The molecule has 5 nitrogen and oxygen atoms in total. The van der Waals surface area contributed by atoms with Gasteiger partial charge < -0.3 is 15.8 Å². The molecule has 0 fully saturated rings. The predicted molar refractivity (Wildman–Crippen MR) is 112 cm³/mol. The predicted octanol–water partition coefficient (Wildman–Crippen LogP) is 3.83. The van der Waals surface area contributed by atoms with Crippen LogP contribution in [0.5, 0.6) is 0 Å². The monoisotopic (exact) mass is 383 g/mol.